The highest BCUT2D eigenvalue weighted by Crippen LogP contribution is 2.42. The van der Waals surface area contributed by atoms with Crippen LogP contribution in [0.25, 0.3) is 0 Å². The Morgan fingerprint density at radius 2 is 1.96 bits per heavy atom. The summed E-state index contributed by atoms with van der Waals surface area (Å²) in [5.74, 6) is -1.13. The summed E-state index contributed by atoms with van der Waals surface area (Å²) in [6, 6.07) is 8.04. The van der Waals surface area contributed by atoms with Gasteiger partial charge in [0.15, 0.2) is 0 Å². The molecule has 7 heteroatoms. The first-order chi connectivity index (χ1) is 11.9. The van der Waals surface area contributed by atoms with Gasteiger partial charge in [0.25, 0.3) is 0 Å². The first-order valence-electron chi connectivity index (χ1n) is 8.76. The summed E-state index contributed by atoms with van der Waals surface area (Å²) in [5, 5.41) is 9.56. The quantitative estimate of drug-likeness (QED) is 0.835. The van der Waals surface area contributed by atoms with Crippen molar-refractivity contribution in [3.8, 4) is 0 Å². The minimum Gasteiger partial charge on any atom is -0.480 e. The van der Waals surface area contributed by atoms with Crippen LogP contribution >= 0.6 is 0 Å². The molecule has 2 fully saturated rings. The summed E-state index contributed by atoms with van der Waals surface area (Å²) in [7, 11) is -2.28. The van der Waals surface area contributed by atoms with Crippen molar-refractivity contribution in [3.05, 3.63) is 35.9 Å². The van der Waals surface area contributed by atoms with E-state index in [-0.39, 0.29) is 17.7 Å². The molecule has 0 bridgehead atoms. The smallest absolute Gasteiger partial charge is 0.322 e. The van der Waals surface area contributed by atoms with Crippen molar-refractivity contribution in [1.29, 1.82) is 0 Å². The fourth-order valence-electron chi connectivity index (χ4n) is 4.28. The van der Waals surface area contributed by atoms with Gasteiger partial charge in [-0.3, -0.25) is 4.79 Å². The summed E-state index contributed by atoms with van der Waals surface area (Å²) in [5.41, 5.74) is 0.778. The van der Waals surface area contributed by atoms with Crippen LogP contribution in [-0.2, 0) is 19.6 Å². The van der Waals surface area contributed by atoms with Crippen molar-refractivity contribution in [2.24, 2.45) is 5.92 Å². The van der Waals surface area contributed by atoms with Crippen molar-refractivity contribution in [2.75, 3.05) is 12.9 Å². The van der Waals surface area contributed by atoms with Crippen LogP contribution in [0.4, 0.5) is 0 Å². The molecule has 0 aromatic heterocycles. The van der Waals surface area contributed by atoms with Crippen LogP contribution in [0.5, 0.6) is 0 Å². The molecule has 4 unspecified atom stereocenters. The minimum atomic E-state index is -3.76. The summed E-state index contributed by atoms with van der Waals surface area (Å²) in [6.45, 7) is 0. The van der Waals surface area contributed by atoms with Crippen molar-refractivity contribution < 1.29 is 23.1 Å². The fraction of sp³-hybridized carbons (Fsp3) is 0.611. The molecule has 1 aliphatic carbocycles. The topological polar surface area (TPSA) is 83.9 Å². The second-order valence-electron chi connectivity index (χ2n) is 6.95. The van der Waals surface area contributed by atoms with Gasteiger partial charge in [-0.05, 0) is 30.7 Å². The Balaban J connectivity index is 1.87. The molecule has 0 amide bonds. The van der Waals surface area contributed by atoms with E-state index in [0.717, 1.165) is 31.2 Å². The van der Waals surface area contributed by atoms with Crippen molar-refractivity contribution in [3.63, 3.8) is 0 Å². The van der Waals surface area contributed by atoms with Gasteiger partial charge in [0.05, 0.1) is 11.9 Å². The van der Waals surface area contributed by atoms with Crippen LogP contribution in [0, 0.1) is 5.92 Å². The van der Waals surface area contributed by atoms with Crippen molar-refractivity contribution >= 4 is 16.0 Å². The molecule has 0 spiro atoms. The maximum Gasteiger partial charge on any atom is 0.322 e. The lowest BCUT2D eigenvalue weighted by atomic mass is 9.85. The monoisotopic (exact) mass is 367 g/mol. The Kier molecular flexibility index (Phi) is 5.46. The number of benzene rings is 1. The highest BCUT2D eigenvalue weighted by Gasteiger charge is 2.51. The molecule has 1 aliphatic heterocycles. The lowest BCUT2D eigenvalue weighted by Gasteiger charge is -2.33. The van der Waals surface area contributed by atoms with Crippen molar-refractivity contribution in [2.45, 2.75) is 50.3 Å². The van der Waals surface area contributed by atoms with E-state index in [9.17, 15) is 18.3 Å². The summed E-state index contributed by atoms with van der Waals surface area (Å²) < 4.78 is 33.0. The molecule has 0 radical (unpaired) electrons. The molecule has 1 aromatic carbocycles. The Morgan fingerprint density at radius 1 is 1.28 bits per heavy atom. The van der Waals surface area contributed by atoms with Crippen LogP contribution in [0.2, 0.25) is 0 Å². The van der Waals surface area contributed by atoms with E-state index in [2.05, 4.69) is 0 Å². The van der Waals surface area contributed by atoms with E-state index in [1.807, 2.05) is 30.3 Å². The predicted octanol–water partition coefficient (Wildman–Crippen LogP) is 2.42. The average molecular weight is 367 g/mol. The molecule has 4 atom stereocenters. The maximum atomic E-state index is 13.1. The summed E-state index contributed by atoms with van der Waals surface area (Å²) in [4.78, 5) is 11.7. The molecular formula is C18H25NO5S. The van der Waals surface area contributed by atoms with Gasteiger partial charge in [0.2, 0.25) is 10.0 Å². The Bertz CT molecular complexity index is 705. The van der Waals surface area contributed by atoms with Crippen LogP contribution in [0.15, 0.2) is 30.3 Å². The van der Waals surface area contributed by atoms with E-state index in [0.29, 0.717) is 6.42 Å². The Morgan fingerprint density at radius 3 is 2.60 bits per heavy atom. The lowest BCUT2D eigenvalue weighted by Crippen LogP contribution is -2.47. The fourth-order valence-corrected chi connectivity index (χ4v) is 6.41. The average Bonchev–Trinajstić information content (AvgIpc) is 3.01. The second-order valence-corrected chi connectivity index (χ2v) is 8.86. The van der Waals surface area contributed by atoms with E-state index in [1.54, 1.807) is 0 Å². The van der Waals surface area contributed by atoms with E-state index >= 15 is 0 Å². The number of ether oxygens (including phenoxy) is 1. The highest BCUT2D eigenvalue weighted by atomic mass is 32.2. The molecule has 138 valence electrons. The first kappa shape index (κ1) is 18.4. The number of carbonyl (C=O) groups is 1. The summed E-state index contributed by atoms with van der Waals surface area (Å²) >= 11 is 0. The molecule has 1 saturated carbocycles. The predicted molar refractivity (Wildman–Crippen MR) is 93.6 cm³/mol. The number of hydrogen-bond acceptors (Lipinski definition) is 4. The van der Waals surface area contributed by atoms with Gasteiger partial charge in [-0.2, -0.15) is 4.31 Å². The van der Waals surface area contributed by atoms with Gasteiger partial charge >= 0.3 is 5.97 Å². The minimum absolute atomic E-state index is 0.155. The van der Waals surface area contributed by atoms with Crippen LogP contribution in [0.3, 0.4) is 0 Å². The third kappa shape index (κ3) is 3.73. The summed E-state index contributed by atoms with van der Waals surface area (Å²) in [6.07, 6.45) is 3.47. The Hall–Kier alpha value is -1.44. The Labute approximate surface area is 148 Å². The van der Waals surface area contributed by atoms with Gasteiger partial charge in [-0.1, -0.05) is 43.2 Å². The highest BCUT2D eigenvalue weighted by molar-refractivity contribution is 7.89. The molecular weight excluding hydrogens is 342 g/mol. The maximum absolute atomic E-state index is 13.1. The SMILES string of the molecule is COC(CS(=O)(=O)N1C(C(=O)O)CC2CCCCC21)c1ccccc1. The molecule has 2 aliphatic rings. The van der Waals surface area contributed by atoms with Crippen LogP contribution < -0.4 is 0 Å². The standard InChI is InChI=1S/C18H25NO5S/c1-24-17(13-7-3-2-4-8-13)12-25(22,23)19-15-10-6-5-9-14(15)11-16(19)18(20)21/h2-4,7-8,14-17H,5-6,9-12H2,1H3,(H,20,21). The second kappa shape index (κ2) is 7.43. The zero-order valence-corrected chi connectivity index (χ0v) is 15.2. The molecule has 25 heavy (non-hydrogen) atoms. The third-order valence-corrected chi connectivity index (χ3v) is 7.34. The van der Waals surface area contributed by atoms with Gasteiger partial charge in [0, 0.05) is 13.2 Å². The van der Waals surface area contributed by atoms with Gasteiger partial charge < -0.3 is 9.84 Å². The molecule has 1 heterocycles. The molecule has 3 rings (SSSR count). The number of aliphatic carboxylic acids is 1. The number of carboxylic acid groups (broad SMARTS) is 1. The van der Waals surface area contributed by atoms with E-state index in [4.69, 9.17) is 4.74 Å². The number of sulfonamides is 1. The molecule has 1 saturated heterocycles. The zero-order valence-electron chi connectivity index (χ0n) is 14.4. The van der Waals surface area contributed by atoms with E-state index in [1.165, 1.54) is 11.4 Å². The lowest BCUT2D eigenvalue weighted by molar-refractivity contribution is -0.141. The van der Waals surface area contributed by atoms with Crippen molar-refractivity contribution in [1.82, 2.24) is 4.31 Å². The molecule has 6 nitrogen and oxygen atoms in total. The zero-order chi connectivity index (χ0) is 18.0. The molecule has 1 aromatic rings. The van der Waals surface area contributed by atoms with Crippen LogP contribution in [0.1, 0.15) is 43.8 Å². The largest absolute Gasteiger partial charge is 0.480 e. The number of carboxylic acids is 1. The number of hydrogen-bond donors (Lipinski definition) is 1. The van der Waals surface area contributed by atoms with Gasteiger partial charge in [0.1, 0.15) is 6.04 Å². The van der Waals surface area contributed by atoms with Gasteiger partial charge in [-0.15, -0.1) is 0 Å². The number of methoxy groups -OCH3 is 1. The third-order valence-electron chi connectivity index (χ3n) is 5.45. The van der Waals surface area contributed by atoms with E-state index < -0.39 is 28.1 Å². The number of nitrogens with zero attached hydrogens (tertiary/aromatic N) is 1. The van der Waals surface area contributed by atoms with Gasteiger partial charge in [-0.25, -0.2) is 8.42 Å². The number of rotatable bonds is 6. The normalized spacial score (nSPS) is 28.4. The first-order valence-corrected chi connectivity index (χ1v) is 10.4. The number of fused-ring (bicyclic) bond motifs is 1. The molecule has 1 N–H and O–H groups in total. The van der Waals surface area contributed by atoms with Crippen LogP contribution in [-0.4, -0.2) is 48.7 Å².